The van der Waals surface area contributed by atoms with E-state index in [0.29, 0.717) is 5.70 Å². The molecule has 0 saturated heterocycles. The van der Waals surface area contributed by atoms with Gasteiger partial charge in [-0.2, -0.15) is 0 Å². The summed E-state index contributed by atoms with van der Waals surface area (Å²) in [7, 11) is 2.63. The monoisotopic (exact) mass is 393 g/mol. The molecule has 1 atom stereocenters. The van der Waals surface area contributed by atoms with Crippen LogP contribution in [0, 0.1) is 16.0 Å². The van der Waals surface area contributed by atoms with Crippen molar-refractivity contribution < 1.29 is 28.7 Å². The van der Waals surface area contributed by atoms with Crippen LogP contribution in [-0.4, -0.2) is 37.8 Å². The summed E-state index contributed by atoms with van der Waals surface area (Å²) < 4.78 is 15.6. The number of amides is 2. The smallest absolute Gasteiger partial charge is 0.338 e. The van der Waals surface area contributed by atoms with Crippen LogP contribution in [0.3, 0.4) is 0 Å². The number of nitrogens with zero attached hydrogens (tertiary/aromatic N) is 1. The molecule has 1 unspecified atom stereocenters. The van der Waals surface area contributed by atoms with E-state index in [2.05, 4.69) is 10.6 Å². The van der Waals surface area contributed by atoms with Crippen LogP contribution in [0.4, 0.5) is 10.5 Å². The van der Waals surface area contributed by atoms with Crippen molar-refractivity contribution in [2.24, 2.45) is 5.92 Å². The molecule has 0 fully saturated rings. The molecule has 1 aromatic carbocycles. The number of methoxy groups -OCH3 is 2. The average molecular weight is 393 g/mol. The summed E-state index contributed by atoms with van der Waals surface area (Å²) in [6, 6.07) is 1.22. The molecule has 0 aliphatic carbocycles. The first-order valence-electron chi connectivity index (χ1n) is 8.55. The van der Waals surface area contributed by atoms with E-state index in [1.807, 2.05) is 13.8 Å². The number of ether oxygens (including phenoxy) is 3. The van der Waals surface area contributed by atoms with Gasteiger partial charge in [0, 0.05) is 11.8 Å². The van der Waals surface area contributed by atoms with E-state index in [4.69, 9.17) is 14.2 Å². The number of esters is 1. The number of hydrogen-bond donors (Lipinski definition) is 2. The molecule has 0 spiro atoms. The van der Waals surface area contributed by atoms with Crippen LogP contribution >= 0.6 is 0 Å². The zero-order valence-electron chi connectivity index (χ0n) is 16.3. The molecule has 0 radical (unpaired) electrons. The molecule has 1 heterocycles. The van der Waals surface area contributed by atoms with Crippen molar-refractivity contribution in [2.45, 2.75) is 26.8 Å². The first-order valence-corrected chi connectivity index (χ1v) is 8.55. The molecule has 2 amide bonds. The van der Waals surface area contributed by atoms with Gasteiger partial charge in [-0.1, -0.05) is 13.8 Å². The second-order valence-electron chi connectivity index (χ2n) is 6.60. The van der Waals surface area contributed by atoms with Gasteiger partial charge >= 0.3 is 17.7 Å². The highest BCUT2D eigenvalue weighted by Crippen LogP contribution is 2.41. The number of allylic oxidation sites excluding steroid dienone is 1. The molecule has 1 aromatic rings. The highest BCUT2D eigenvalue weighted by Gasteiger charge is 2.35. The van der Waals surface area contributed by atoms with Crippen LogP contribution in [0.5, 0.6) is 11.5 Å². The largest absolute Gasteiger partial charge is 0.493 e. The maximum Gasteiger partial charge on any atom is 0.338 e. The first kappa shape index (κ1) is 21.0. The summed E-state index contributed by atoms with van der Waals surface area (Å²) in [6.45, 7) is 5.55. The Morgan fingerprint density at radius 1 is 1.29 bits per heavy atom. The average Bonchev–Trinajstić information content (AvgIpc) is 2.64. The predicted molar refractivity (Wildman–Crippen MR) is 99.1 cm³/mol. The lowest BCUT2D eigenvalue weighted by atomic mass is 9.94. The minimum atomic E-state index is -0.952. The van der Waals surface area contributed by atoms with Gasteiger partial charge in [0.05, 0.1) is 37.4 Å². The number of rotatable bonds is 7. The van der Waals surface area contributed by atoms with Crippen LogP contribution in [-0.2, 0) is 9.53 Å². The summed E-state index contributed by atoms with van der Waals surface area (Å²) in [5.74, 6) is -0.453. The van der Waals surface area contributed by atoms with Crippen LogP contribution in [0.1, 0.15) is 32.4 Å². The van der Waals surface area contributed by atoms with Crippen molar-refractivity contribution in [1.29, 1.82) is 0 Å². The standard InChI is InChI=1S/C18H23N3O7/c1-9(2)8-28-17(22)14-10(3)19-18(23)20-15(14)11-6-12(21(24)25)16(27-5)13(7-11)26-4/h6-7,9,15H,8H2,1-5H3,(H2,19,20,23). The van der Waals surface area contributed by atoms with E-state index in [1.54, 1.807) is 6.92 Å². The van der Waals surface area contributed by atoms with Crippen molar-refractivity contribution in [3.8, 4) is 11.5 Å². The fraction of sp³-hybridized carbons (Fsp3) is 0.444. The number of nitro benzene ring substituents is 1. The number of nitrogens with one attached hydrogen (secondary N) is 2. The zero-order chi connectivity index (χ0) is 21.0. The Balaban J connectivity index is 2.57. The van der Waals surface area contributed by atoms with Crippen LogP contribution in [0.25, 0.3) is 0 Å². The highest BCUT2D eigenvalue weighted by molar-refractivity contribution is 5.95. The molecule has 2 rings (SSSR count). The van der Waals surface area contributed by atoms with Gasteiger partial charge in [0.1, 0.15) is 0 Å². The normalized spacial score (nSPS) is 16.4. The quantitative estimate of drug-likeness (QED) is 0.413. The van der Waals surface area contributed by atoms with Crippen molar-refractivity contribution >= 4 is 17.7 Å². The molecule has 0 saturated carbocycles. The van der Waals surface area contributed by atoms with E-state index in [1.165, 1.54) is 26.4 Å². The van der Waals surface area contributed by atoms with Gasteiger partial charge in [-0.25, -0.2) is 9.59 Å². The van der Waals surface area contributed by atoms with E-state index in [0.717, 1.165) is 0 Å². The lowest BCUT2D eigenvalue weighted by molar-refractivity contribution is -0.385. The molecule has 152 valence electrons. The number of carbonyl (C=O) groups is 2. The van der Waals surface area contributed by atoms with Gasteiger partial charge in [-0.3, -0.25) is 10.1 Å². The van der Waals surface area contributed by atoms with Crippen LogP contribution < -0.4 is 20.1 Å². The third-order valence-electron chi connectivity index (χ3n) is 4.05. The molecule has 10 heteroatoms. The van der Waals surface area contributed by atoms with E-state index in [-0.39, 0.29) is 40.8 Å². The van der Waals surface area contributed by atoms with Gasteiger partial charge in [0.2, 0.25) is 5.75 Å². The topological polar surface area (TPSA) is 129 Å². The van der Waals surface area contributed by atoms with Gasteiger partial charge in [0.25, 0.3) is 0 Å². The van der Waals surface area contributed by atoms with Crippen LogP contribution in [0.15, 0.2) is 23.4 Å². The Morgan fingerprint density at radius 3 is 2.50 bits per heavy atom. The first-order chi connectivity index (χ1) is 13.2. The highest BCUT2D eigenvalue weighted by atomic mass is 16.6. The van der Waals surface area contributed by atoms with Gasteiger partial charge in [0.15, 0.2) is 5.75 Å². The van der Waals surface area contributed by atoms with Crippen molar-refractivity contribution in [1.82, 2.24) is 10.6 Å². The third-order valence-corrected chi connectivity index (χ3v) is 4.05. The Kier molecular flexibility index (Phi) is 6.45. The molecule has 10 nitrogen and oxygen atoms in total. The Morgan fingerprint density at radius 2 is 1.96 bits per heavy atom. The maximum absolute atomic E-state index is 12.6. The number of benzene rings is 1. The summed E-state index contributed by atoms with van der Waals surface area (Å²) in [4.78, 5) is 35.5. The number of urea groups is 1. The fourth-order valence-electron chi connectivity index (χ4n) is 2.80. The van der Waals surface area contributed by atoms with Crippen molar-refractivity contribution in [3.05, 3.63) is 39.1 Å². The molecule has 2 N–H and O–H groups in total. The summed E-state index contributed by atoms with van der Waals surface area (Å²) in [6.07, 6.45) is 0. The SMILES string of the molecule is COc1cc(C2NC(=O)NC(C)=C2C(=O)OCC(C)C)cc([N+](=O)[O-])c1OC. The molecule has 1 aliphatic heterocycles. The number of carbonyl (C=O) groups excluding carboxylic acids is 2. The Bertz CT molecular complexity index is 833. The van der Waals surface area contributed by atoms with Gasteiger partial charge in [-0.15, -0.1) is 0 Å². The lowest BCUT2D eigenvalue weighted by Crippen LogP contribution is -2.45. The Hall–Kier alpha value is -3.30. The second kappa shape index (κ2) is 8.59. The van der Waals surface area contributed by atoms with Gasteiger partial charge in [-0.05, 0) is 24.5 Å². The van der Waals surface area contributed by atoms with E-state index >= 15 is 0 Å². The molecule has 1 aliphatic rings. The zero-order valence-corrected chi connectivity index (χ0v) is 16.3. The molecular weight excluding hydrogens is 370 g/mol. The van der Waals surface area contributed by atoms with Crippen LogP contribution in [0.2, 0.25) is 0 Å². The minimum absolute atomic E-state index is 0.0545. The summed E-state index contributed by atoms with van der Waals surface area (Å²) in [5, 5.41) is 16.6. The predicted octanol–water partition coefficient (Wildman–Crippen LogP) is 2.44. The maximum atomic E-state index is 12.6. The molecule has 0 bridgehead atoms. The molecule has 28 heavy (non-hydrogen) atoms. The van der Waals surface area contributed by atoms with Crippen molar-refractivity contribution in [2.75, 3.05) is 20.8 Å². The molecule has 0 aromatic heterocycles. The summed E-state index contributed by atoms with van der Waals surface area (Å²) >= 11 is 0. The molecular formula is C18H23N3O7. The number of hydrogen-bond acceptors (Lipinski definition) is 7. The number of nitro groups is 1. The lowest BCUT2D eigenvalue weighted by Gasteiger charge is -2.28. The van der Waals surface area contributed by atoms with E-state index < -0.39 is 23.0 Å². The van der Waals surface area contributed by atoms with E-state index in [9.17, 15) is 19.7 Å². The third kappa shape index (κ3) is 4.33. The fourth-order valence-corrected chi connectivity index (χ4v) is 2.80. The summed E-state index contributed by atoms with van der Waals surface area (Å²) in [5.41, 5.74) is 0.397. The second-order valence-corrected chi connectivity index (χ2v) is 6.60. The van der Waals surface area contributed by atoms with Gasteiger partial charge < -0.3 is 24.8 Å². The Labute approximate surface area is 162 Å². The minimum Gasteiger partial charge on any atom is -0.493 e. The van der Waals surface area contributed by atoms with Crippen molar-refractivity contribution in [3.63, 3.8) is 0 Å².